The smallest absolute Gasteiger partial charge is 0.341 e. The average Bonchev–Trinajstić information content (AvgIpc) is 3.09. The molecule has 0 aliphatic carbocycles. The molecule has 0 unspecified atom stereocenters. The molecule has 6 nitrogen and oxygen atoms in total. The molecule has 0 N–H and O–H groups in total. The Balaban J connectivity index is 1.67. The van der Waals surface area contributed by atoms with Crippen LogP contribution in [-0.2, 0) is 11.3 Å². The zero-order valence-electron chi connectivity index (χ0n) is 12.6. The number of thioether (sulfide) groups is 1. The molecule has 122 valence electrons. The summed E-state index contributed by atoms with van der Waals surface area (Å²) in [5.41, 5.74) is 0.984. The van der Waals surface area contributed by atoms with Crippen LogP contribution in [0, 0.1) is 5.82 Å². The van der Waals surface area contributed by atoms with E-state index in [0.717, 1.165) is 0 Å². The second-order valence-electron chi connectivity index (χ2n) is 4.65. The summed E-state index contributed by atoms with van der Waals surface area (Å²) in [6.45, 7) is -0.157. The maximum Gasteiger partial charge on any atom is 0.341 e. The molecular formula is C16H12FN3O3S. The molecule has 1 aromatic carbocycles. The van der Waals surface area contributed by atoms with Gasteiger partial charge in [0.05, 0.1) is 5.56 Å². The van der Waals surface area contributed by atoms with Crippen LogP contribution in [0.3, 0.4) is 0 Å². The van der Waals surface area contributed by atoms with E-state index >= 15 is 0 Å². The average molecular weight is 345 g/mol. The highest BCUT2D eigenvalue weighted by molar-refractivity contribution is 7.98. The van der Waals surface area contributed by atoms with Crippen molar-refractivity contribution in [3.05, 3.63) is 59.9 Å². The Morgan fingerprint density at radius 3 is 2.83 bits per heavy atom. The minimum Gasteiger partial charge on any atom is -0.452 e. The van der Waals surface area contributed by atoms with Gasteiger partial charge in [0.1, 0.15) is 10.8 Å². The van der Waals surface area contributed by atoms with Gasteiger partial charge in [-0.3, -0.25) is 0 Å². The summed E-state index contributed by atoms with van der Waals surface area (Å²) in [5, 5.41) is 4.37. The van der Waals surface area contributed by atoms with Crippen molar-refractivity contribution < 1.29 is 18.4 Å². The molecule has 3 rings (SSSR count). The molecule has 2 heterocycles. The molecule has 0 radical (unpaired) electrons. The summed E-state index contributed by atoms with van der Waals surface area (Å²) in [6, 6.07) is 8.98. The number of hydrogen-bond donors (Lipinski definition) is 0. The number of carbonyl (C=O) groups is 1. The van der Waals surface area contributed by atoms with Gasteiger partial charge in [-0.05, 0) is 42.7 Å². The molecular weight excluding hydrogens is 333 g/mol. The quantitative estimate of drug-likeness (QED) is 0.518. The molecule has 0 saturated heterocycles. The number of ether oxygens (including phenoxy) is 1. The predicted molar refractivity (Wildman–Crippen MR) is 84.8 cm³/mol. The third-order valence-electron chi connectivity index (χ3n) is 3.08. The first-order valence-corrected chi connectivity index (χ1v) is 8.14. The van der Waals surface area contributed by atoms with Crippen molar-refractivity contribution in [1.29, 1.82) is 0 Å². The van der Waals surface area contributed by atoms with Crippen LogP contribution in [-0.4, -0.2) is 27.3 Å². The van der Waals surface area contributed by atoms with Crippen molar-refractivity contribution in [3.63, 3.8) is 0 Å². The van der Waals surface area contributed by atoms with E-state index in [4.69, 9.17) is 9.26 Å². The standard InChI is InChI=1S/C16H12FN3O3S/c1-24-15-12(3-2-8-18-15)16(21)22-9-13-19-14(20-23-13)10-4-6-11(17)7-5-10/h2-8H,9H2,1H3. The van der Waals surface area contributed by atoms with Gasteiger partial charge in [0.15, 0.2) is 6.61 Å². The first kappa shape index (κ1) is 16.1. The van der Waals surface area contributed by atoms with Crippen LogP contribution >= 0.6 is 11.8 Å². The Kier molecular flexibility index (Phi) is 4.85. The lowest BCUT2D eigenvalue weighted by atomic mass is 10.2. The summed E-state index contributed by atoms with van der Waals surface area (Å²) in [6.07, 6.45) is 3.43. The van der Waals surface area contributed by atoms with Crippen molar-refractivity contribution in [2.45, 2.75) is 11.6 Å². The van der Waals surface area contributed by atoms with Crippen molar-refractivity contribution in [2.75, 3.05) is 6.26 Å². The monoisotopic (exact) mass is 345 g/mol. The number of aromatic nitrogens is 3. The highest BCUT2D eigenvalue weighted by atomic mass is 32.2. The number of pyridine rings is 1. The van der Waals surface area contributed by atoms with Crippen molar-refractivity contribution in [3.8, 4) is 11.4 Å². The summed E-state index contributed by atoms with van der Waals surface area (Å²) in [5.74, 6) is -0.420. The third-order valence-corrected chi connectivity index (χ3v) is 3.79. The Hall–Kier alpha value is -2.74. The number of carbonyl (C=O) groups excluding carboxylic acids is 1. The Labute approximate surface area is 141 Å². The van der Waals surface area contributed by atoms with Crippen molar-refractivity contribution in [2.24, 2.45) is 0 Å². The molecule has 3 aromatic rings. The normalized spacial score (nSPS) is 10.6. The lowest BCUT2D eigenvalue weighted by molar-refractivity contribution is 0.0425. The van der Waals surface area contributed by atoms with Crippen LogP contribution < -0.4 is 0 Å². The van der Waals surface area contributed by atoms with Crippen LogP contribution in [0.2, 0.25) is 0 Å². The molecule has 24 heavy (non-hydrogen) atoms. The summed E-state index contributed by atoms with van der Waals surface area (Å²) in [4.78, 5) is 20.3. The van der Waals surface area contributed by atoms with Crippen LogP contribution in [0.5, 0.6) is 0 Å². The van der Waals surface area contributed by atoms with E-state index in [2.05, 4.69) is 15.1 Å². The molecule has 0 amide bonds. The van der Waals surface area contributed by atoms with E-state index < -0.39 is 5.97 Å². The second-order valence-corrected chi connectivity index (χ2v) is 5.45. The molecule has 0 spiro atoms. The molecule has 2 aromatic heterocycles. The zero-order valence-corrected chi connectivity index (χ0v) is 13.4. The number of esters is 1. The highest BCUT2D eigenvalue weighted by Gasteiger charge is 2.15. The first-order chi connectivity index (χ1) is 11.7. The largest absolute Gasteiger partial charge is 0.452 e. The minimum absolute atomic E-state index is 0.150. The number of benzene rings is 1. The topological polar surface area (TPSA) is 78.1 Å². The molecule has 0 aliphatic heterocycles. The van der Waals surface area contributed by atoms with Gasteiger partial charge in [-0.2, -0.15) is 4.98 Å². The second kappa shape index (κ2) is 7.22. The van der Waals surface area contributed by atoms with Gasteiger partial charge in [-0.25, -0.2) is 14.2 Å². The van der Waals surface area contributed by atoms with Crippen LogP contribution in [0.4, 0.5) is 4.39 Å². The van der Waals surface area contributed by atoms with Gasteiger partial charge in [0, 0.05) is 11.8 Å². The number of rotatable bonds is 5. The van der Waals surface area contributed by atoms with E-state index in [0.29, 0.717) is 22.0 Å². The lowest BCUT2D eigenvalue weighted by Crippen LogP contribution is -2.07. The Morgan fingerprint density at radius 2 is 2.08 bits per heavy atom. The molecule has 8 heteroatoms. The third kappa shape index (κ3) is 3.60. The predicted octanol–water partition coefficient (Wildman–Crippen LogP) is 3.35. The van der Waals surface area contributed by atoms with E-state index in [1.54, 1.807) is 18.3 Å². The molecule has 0 fully saturated rings. The van der Waals surface area contributed by atoms with E-state index in [-0.39, 0.29) is 18.3 Å². The van der Waals surface area contributed by atoms with E-state index in [9.17, 15) is 9.18 Å². The highest BCUT2D eigenvalue weighted by Crippen LogP contribution is 2.19. The van der Waals surface area contributed by atoms with Gasteiger partial charge < -0.3 is 9.26 Å². The number of halogens is 1. The summed E-state index contributed by atoms with van der Waals surface area (Å²) < 4.78 is 23.1. The number of hydrogen-bond acceptors (Lipinski definition) is 7. The van der Waals surface area contributed by atoms with Gasteiger partial charge >= 0.3 is 5.97 Å². The van der Waals surface area contributed by atoms with Crippen LogP contribution in [0.15, 0.2) is 52.1 Å². The van der Waals surface area contributed by atoms with Gasteiger partial charge in [0.25, 0.3) is 5.89 Å². The maximum atomic E-state index is 12.9. The minimum atomic E-state index is -0.519. The Bertz CT molecular complexity index is 852. The summed E-state index contributed by atoms with van der Waals surface area (Å²) in [7, 11) is 0. The fourth-order valence-electron chi connectivity index (χ4n) is 1.94. The fourth-order valence-corrected chi connectivity index (χ4v) is 2.48. The Morgan fingerprint density at radius 1 is 1.29 bits per heavy atom. The molecule has 0 bridgehead atoms. The van der Waals surface area contributed by atoms with Gasteiger partial charge in [-0.15, -0.1) is 11.8 Å². The van der Waals surface area contributed by atoms with Crippen LogP contribution in [0.25, 0.3) is 11.4 Å². The van der Waals surface area contributed by atoms with Gasteiger partial charge in [-0.1, -0.05) is 5.16 Å². The number of nitrogens with zero attached hydrogens (tertiary/aromatic N) is 3. The van der Waals surface area contributed by atoms with E-state index in [1.807, 2.05) is 6.26 Å². The van der Waals surface area contributed by atoms with Gasteiger partial charge in [0.2, 0.25) is 5.82 Å². The maximum absolute atomic E-state index is 12.9. The van der Waals surface area contributed by atoms with Crippen molar-refractivity contribution in [1.82, 2.24) is 15.1 Å². The van der Waals surface area contributed by atoms with Crippen molar-refractivity contribution >= 4 is 17.7 Å². The molecule has 0 saturated carbocycles. The van der Waals surface area contributed by atoms with Crippen LogP contribution in [0.1, 0.15) is 16.2 Å². The molecule has 0 aliphatic rings. The lowest BCUT2D eigenvalue weighted by Gasteiger charge is -2.04. The molecule has 0 atom stereocenters. The fraction of sp³-hybridized carbons (Fsp3) is 0.125. The first-order valence-electron chi connectivity index (χ1n) is 6.92. The summed E-state index contributed by atoms with van der Waals surface area (Å²) >= 11 is 1.35. The van der Waals surface area contributed by atoms with E-state index in [1.165, 1.54) is 36.0 Å². The SMILES string of the molecule is CSc1ncccc1C(=O)OCc1nc(-c2ccc(F)cc2)no1. The zero-order chi connectivity index (χ0) is 16.9.